The number of carbonyl (C=O) groups is 1. The molecule has 0 aliphatic carbocycles. The summed E-state index contributed by atoms with van der Waals surface area (Å²) in [5.41, 5.74) is 6.58. The molecule has 0 bridgehead atoms. The second-order valence-corrected chi connectivity index (χ2v) is 4.38. The van der Waals surface area contributed by atoms with E-state index in [0.717, 1.165) is 18.6 Å². The van der Waals surface area contributed by atoms with Crippen molar-refractivity contribution < 1.29 is 19.4 Å². The molecule has 98 valence electrons. The van der Waals surface area contributed by atoms with E-state index >= 15 is 0 Å². The zero-order chi connectivity index (χ0) is 13.0. The SMILES string of the molecule is NC(CC(=O)O)c1cccc(OC2CCOC2)c1. The lowest BCUT2D eigenvalue weighted by Crippen LogP contribution is -2.17. The van der Waals surface area contributed by atoms with Crippen molar-refractivity contribution in [1.29, 1.82) is 0 Å². The van der Waals surface area contributed by atoms with Gasteiger partial charge in [0.05, 0.1) is 19.6 Å². The highest BCUT2D eigenvalue weighted by Crippen LogP contribution is 2.22. The Bertz CT molecular complexity index is 415. The predicted octanol–water partition coefficient (Wildman–Crippen LogP) is 1.33. The van der Waals surface area contributed by atoms with Crippen molar-refractivity contribution >= 4 is 5.97 Å². The normalized spacial score (nSPS) is 20.6. The number of ether oxygens (including phenoxy) is 2. The summed E-state index contributed by atoms with van der Waals surface area (Å²) in [5.74, 6) is -0.193. The van der Waals surface area contributed by atoms with Crippen LogP contribution in [0.4, 0.5) is 0 Å². The molecule has 3 N–H and O–H groups in total. The molecule has 1 aromatic carbocycles. The van der Waals surface area contributed by atoms with Gasteiger partial charge < -0.3 is 20.3 Å². The Morgan fingerprint density at radius 1 is 1.61 bits per heavy atom. The summed E-state index contributed by atoms with van der Waals surface area (Å²) in [5, 5.41) is 8.72. The summed E-state index contributed by atoms with van der Waals surface area (Å²) in [6.07, 6.45) is 0.873. The first kappa shape index (κ1) is 12.9. The van der Waals surface area contributed by atoms with Gasteiger partial charge in [0.2, 0.25) is 0 Å². The maximum Gasteiger partial charge on any atom is 0.305 e. The molecule has 1 saturated heterocycles. The number of nitrogens with two attached hydrogens (primary N) is 1. The molecule has 2 unspecified atom stereocenters. The topological polar surface area (TPSA) is 81.8 Å². The van der Waals surface area contributed by atoms with Crippen LogP contribution in [0, 0.1) is 0 Å². The molecule has 18 heavy (non-hydrogen) atoms. The Labute approximate surface area is 106 Å². The lowest BCUT2D eigenvalue weighted by atomic mass is 10.0. The van der Waals surface area contributed by atoms with Crippen molar-refractivity contribution in [3.8, 4) is 5.75 Å². The predicted molar refractivity (Wildman–Crippen MR) is 65.5 cm³/mol. The first-order valence-electron chi connectivity index (χ1n) is 5.97. The number of carboxylic acids is 1. The molecule has 2 rings (SSSR count). The number of aliphatic carboxylic acids is 1. The molecule has 0 spiro atoms. The van der Waals surface area contributed by atoms with Gasteiger partial charge in [-0.2, -0.15) is 0 Å². The molecule has 5 heteroatoms. The third-order valence-electron chi connectivity index (χ3n) is 2.87. The smallest absolute Gasteiger partial charge is 0.305 e. The summed E-state index contributed by atoms with van der Waals surface area (Å²) >= 11 is 0. The Kier molecular flexibility index (Phi) is 4.17. The molecule has 0 saturated carbocycles. The van der Waals surface area contributed by atoms with Crippen LogP contribution < -0.4 is 10.5 Å². The van der Waals surface area contributed by atoms with Crippen LogP contribution >= 0.6 is 0 Å². The van der Waals surface area contributed by atoms with Gasteiger partial charge in [0.25, 0.3) is 0 Å². The van der Waals surface area contributed by atoms with Gasteiger partial charge in [-0.1, -0.05) is 12.1 Å². The monoisotopic (exact) mass is 251 g/mol. The van der Waals surface area contributed by atoms with Gasteiger partial charge in [0.15, 0.2) is 0 Å². The second kappa shape index (κ2) is 5.84. The van der Waals surface area contributed by atoms with Gasteiger partial charge >= 0.3 is 5.97 Å². The molecule has 1 aliphatic rings. The average molecular weight is 251 g/mol. The first-order valence-corrected chi connectivity index (χ1v) is 5.97. The molecule has 5 nitrogen and oxygen atoms in total. The van der Waals surface area contributed by atoms with Gasteiger partial charge in [-0.05, 0) is 17.7 Å². The second-order valence-electron chi connectivity index (χ2n) is 4.38. The summed E-state index contributed by atoms with van der Waals surface area (Å²) in [4.78, 5) is 10.6. The summed E-state index contributed by atoms with van der Waals surface area (Å²) in [6.45, 7) is 1.33. The molecular weight excluding hydrogens is 234 g/mol. The first-order chi connectivity index (χ1) is 8.65. The average Bonchev–Trinajstić information content (AvgIpc) is 2.81. The van der Waals surface area contributed by atoms with E-state index in [9.17, 15) is 4.79 Å². The largest absolute Gasteiger partial charge is 0.488 e. The fourth-order valence-electron chi connectivity index (χ4n) is 1.92. The van der Waals surface area contributed by atoms with Crippen molar-refractivity contribution in [1.82, 2.24) is 0 Å². The number of hydrogen-bond acceptors (Lipinski definition) is 4. The van der Waals surface area contributed by atoms with Crippen LogP contribution in [-0.4, -0.2) is 30.4 Å². The van der Waals surface area contributed by atoms with Gasteiger partial charge in [-0.25, -0.2) is 0 Å². The Morgan fingerprint density at radius 3 is 3.11 bits per heavy atom. The van der Waals surface area contributed by atoms with Crippen LogP contribution in [0.25, 0.3) is 0 Å². The highest BCUT2D eigenvalue weighted by molar-refractivity contribution is 5.67. The minimum absolute atomic E-state index is 0.0796. The molecule has 0 amide bonds. The summed E-state index contributed by atoms with van der Waals surface area (Å²) in [7, 11) is 0. The quantitative estimate of drug-likeness (QED) is 0.825. The Balaban J connectivity index is 2.01. The maximum absolute atomic E-state index is 10.6. The number of benzene rings is 1. The van der Waals surface area contributed by atoms with Crippen molar-refractivity contribution in [2.24, 2.45) is 5.73 Å². The van der Waals surface area contributed by atoms with Crippen LogP contribution in [0.1, 0.15) is 24.4 Å². The third kappa shape index (κ3) is 3.45. The van der Waals surface area contributed by atoms with E-state index in [0.29, 0.717) is 12.4 Å². The van der Waals surface area contributed by atoms with E-state index in [2.05, 4.69) is 0 Å². The molecule has 2 atom stereocenters. The van der Waals surface area contributed by atoms with Crippen molar-refractivity contribution in [2.45, 2.75) is 25.0 Å². The van der Waals surface area contributed by atoms with Gasteiger partial charge in [0, 0.05) is 12.5 Å². The maximum atomic E-state index is 10.6. The van der Waals surface area contributed by atoms with Gasteiger partial charge in [0.1, 0.15) is 11.9 Å². The molecule has 1 heterocycles. The van der Waals surface area contributed by atoms with Crippen molar-refractivity contribution in [3.63, 3.8) is 0 Å². The molecule has 1 aromatic rings. The van der Waals surface area contributed by atoms with Crippen LogP contribution in [0.3, 0.4) is 0 Å². The lowest BCUT2D eigenvalue weighted by Gasteiger charge is -2.14. The highest BCUT2D eigenvalue weighted by Gasteiger charge is 2.18. The van der Waals surface area contributed by atoms with Gasteiger partial charge in [-0.3, -0.25) is 4.79 Å². The van der Waals surface area contributed by atoms with E-state index in [1.165, 1.54) is 0 Å². The minimum atomic E-state index is -0.905. The van der Waals surface area contributed by atoms with E-state index in [-0.39, 0.29) is 12.5 Å². The van der Waals surface area contributed by atoms with Crippen molar-refractivity contribution in [2.75, 3.05) is 13.2 Å². The van der Waals surface area contributed by atoms with E-state index in [1.54, 1.807) is 6.07 Å². The van der Waals surface area contributed by atoms with Crippen LogP contribution in [-0.2, 0) is 9.53 Å². The molecule has 1 fully saturated rings. The Hall–Kier alpha value is -1.59. The van der Waals surface area contributed by atoms with E-state index in [4.69, 9.17) is 20.3 Å². The van der Waals surface area contributed by atoms with Gasteiger partial charge in [-0.15, -0.1) is 0 Å². The standard InChI is InChI=1S/C13H17NO4/c14-12(7-13(15)16)9-2-1-3-10(6-9)18-11-4-5-17-8-11/h1-3,6,11-12H,4-5,7-8,14H2,(H,15,16). The fourth-order valence-corrected chi connectivity index (χ4v) is 1.92. The van der Waals surface area contributed by atoms with Crippen molar-refractivity contribution in [3.05, 3.63) is 29.8 Å². The molecule has 0 radical (unpaired) electrons. The molecule has 0 aromatic heterocycles. The minimum Gasteiger partial charge on any atom is -0.488 e. The van der Waals surface area contributed by atoms with E-state index < -0.39 is 12.0 Å². The third-order valence-corrected chi connectivity index (χ3v) is 2.87. The molecular formula is C13H17NO4. The highest BCUT2D eigenvalue weighted by atomic mass is 16.5. The number of carboxylic acid groups (broad SMARTS) is 1. The van der Waals surface area contributed by atoms with Crippen LogP contribution in [0.5, 0.6) is 5.75 Å². The Morgan fingerprint density at radius 2 is 2.44 bits per heavy atom. The summed E-state index contributed by atoms with van der Waals surface area (Å²) in [6, 6.07) is 6.76. The van der Waals surface area contributed by atoms with Crippen LogP contribution in [0.2, 0.25) is 0 Å². The fraction of sp³-hybridized carbons (Fsp3) is 0.462. The van der Waals surface area contributed by atoms with E-state index in [1.807, 2.05) is 18.2 Å². The number of rotatable bonds is 5. The lowest BCUT2D eigenvalue weighted by molar-refractivity contribution is -0.137. The zero-order valence-corrected chi connectivity index (χ0v) is 10.0. The van der Waals surface area contributed by atoms with Crippen LogP contribution in [0.15, 0.2) is 24.3 Å². The molecule has 1 aliphatic heterocycles. The number of hydrogen-bond donors (Lipinski definition) is 2. The summed E-state index contributed by atoms with van der Waals surface area (Å²) < 4.78 is 11.0. The zero-order valence-electron chi connectivity index (χ0n) is 10.0.